The zero-order chi connectivity index (χ0) is 20.3. The normalized spacial score (nSPS) is 14.0. The standard InChI is InChI=1S/C24H29NO3/c1-6-27-21-10-7-17(8-11-21)18-9-12-22-20(15-18)16-19(13-14-25(22)5)23(26)28-24(2,3)4/h7-12,15-16H,6,13-14H2,1-5H3. The van der Waals surface area contributed by atoms with Crippen molar-refractivity contribution < 1.29 is 14.3 Å². The zero-order valence-electron chi connectivity index (χ0n) is 17.4. The molecule has 0 unspecified atom stereocenters. The number of ether oxygens (including phenoxy) is 2. The molecule has 1 aliphatic heterocycles. The van der Waals surface area contributed by atoms with Gasteiger partial charge in [-0.2, -0.15) is 0 Å². The van der Waals surface area contributed by atoms with E-state index in [2.05, 4.69) is 42.3 Å². The Morgan fingerprint density at radius 3 is 2.39 bits per heavy atom. The maximum Gasteiger partial charge on any atom is 0.334 e. The molecular formula is C24H29NO3. The fraction of sp³-hybridized carbons (Fsp3) is 0.375. The predicted octanol–water partition coefficient (Wildman–Crippen LogP) is 5.32. The van der Waals surface area contributed by atoms with Crippen LogP contribution in [0.5, 0.6) is 5.75 Å². The summed E-state index contributed by atoms with van der Waals surface area (Å²) in [7, 11) is 2.06. The Hall–Kier alpha value is -2.75. The second kappa shape index (κ2) is 8.09. The summed E-state index contributed by atoms with van der Waals surface area (Å²) in [4.78, 5) is 14.8. The molecule has 0 radical (unpaired) electrons. The summed E-state index contributed by atoms with van der Waals surface area (Å²) in [6.45, 7) is 9.10. The molecule has 0 bridgehead atoms. The molecule has 0 saturated carbocycles. The maximum atomic E-state index is 12.6. The summed E-state index contributed by atoms with van der Waals surface area (Å²) in [5, 5.41) is 0. The van der Waals surface area contributed by atoms with Crippen molar-refractivity contribution in [3.63, 3.8) is 0 Å². The lowest BCUT2D eigenvalue weighted by atomic mass is 10.00. The van der Waals surface area contributed by atoms with Crippen LogP contribution in [-0.2, 0) is 9.53 Å². The molecule has 0 saturated heterocycles. The number of nitrogens with zero attached hydrogens (tertiary/aromatic N) is 1. The number of rotatable bonds is 4. The van der Waals surface area contributed by atoms with E-state index in [0.717, 1.165) is 34.7 Å². The van der Waals surface area contributed by atoms with Gasteiger partial charge in [-0.25, -0.2) is 4.79 Å². The van der Waals surface area contributed by atoms with Crippen LogP contribution in [0.15, 0.2) is 48.0 Å². The van der Waals surface area contributed by atoms with Crippen molar-refractivity contribution in [3.05, 3.63) is 53.6 Å². The fourth-order valence-electron chi connectivity index (χ4n) is 3.28. The molecule has 0 amide bonds. The summed E-state index contributed by atoms with van der Waals surface area (Å²) in [6, 6.07) is 14.5. The van der Waals surface area contributed by atoms with Crippen molar-refractivity contribution in [1.29, 1.82) is 0 Å². The van der Waals surface area contributed by atoms with Gasteiger partial charge in [-0.3, -0.25) is 0 Å². The lowest BCUT2D eigenvalue weighted by molar-refractivity contribution is -0.149. The molecule has 0 aliphatic carbocycles. The molecule has 0 fully saturated rings. The number of anilines is 1. The van der Waals surface area contributed by atoms with Crippen LogP contribution in [0.4, 0.5) is 5.69 Å². The van der Waals surface area contributed by atoms with Gasteiger partial charge in [0.2, 0.25) is 0 Å². The quantitative estimate of drug-likeness (QED) is 0.674. The Labute approximate surface area is 167 Å². The lowest BCUT2D eigenvalue weighted by Crippen LogP contribution is -2.26. The monoisotopic (exact) mass is 379 g/mol. The Kier molecular flexibility index (Phi) is 5.78. The van der Waals surface area contributed by atoms with Crippen LogP contribution < -0.4 is 9.64 Å². The number of benzene rings is 2. The molecule has 0 atom stereocenters. The van der Waals surface area contributed by atoms with Gasteiger partial charge in [-0.1, -0.05) is 18.2 Å². The molecule has 28 heavy (non-hydrogen) atoms. The van der Waals surface area contributed by atoms with Crippen LogP contribution in [0.2, 0.25) is 0 Å². The van der Waals surface area contributed by atoms with E-state index in [9.17, 15) is 4.79 Å². The van der Waals surface area contributed by atoms with E-state index in [1.807, 2.05) is 45.9 Å². The van der Waals surface area contributed by atoms with Crippen molar-refractivity contribution in [3.8, 4) is 16.9 Å². The molecule has 1 heterocycles. The van der Waals surface area contributed by atoms with Crippen LogP contribution in [0, 0.1) is 0 Å². The van der Waals surface area contributed by atoms with Gasteiger partial charge in [0, 0.05) is 24.9 Å². The largest absolute Gasteiger partial charge is 0.494 e. The van der Waals surface area contributed by atoms with Gasteiger partial charge >= 0.3 is 5.97 Å². The summed E-state index contributed by atoms with van der Waals surface area (Å²) >= 11 is 0. The average Bonchev–Trinajstić information content (AvgIpc) is 2.80. The molecule has 148 valence electrons. The van der Waals surface area contributed by atoms with Gasteiger partial charge in [0.1, 0.15) is 11.4 Å². The highest BCUT2D eigenvalue weighted by Crippen LogP contribution is 2.32. The Bertz CT molecular complexity index is 876. The molecule has 2 aromatic rings. The molecule has 4 nitrogen and oxygen atoms in total. The highest BCUT2D eigenvalue weighted by molar-refractivity contribution is 5.96. The van der Waals surface area contributed by atoms with Crippen LogP contribution in [0.25, 0.3) is 17.2 Å². The third-order valence-corrected chi connectivity index (χ3v) is 4.64. The van der Waals surface area contributed by atoms with E-state index >= 15 is 0 Å². The van der Waals surface area contributed by atoms with Crippen molar-refractivity contribution in [2.24, 2.45) is 0 Å². The first-order valence-corrected chi connectivity index (χ1v) is 9.79. The highest BCUT2D eigenvalue weighted by atomic mass is 16.6. The first-order chi connectivity index (χ1) is 13.3. The summed E-state index contributed by atoms with van der Waals surface area (Å²) in [5.74, 6) is 0.632. The van der Waals surface area contributed by atoms with Gasteiger partial charge in [0.15, 0.2) is 0 Å². The molecule has 2 aromatic carbocycles. The molecule has 0 N–H and O–H groups in total. The first kappa shape index (κ1) is 20.0. The number of carbonyl (C=O) groups is 1. The van der Waals surface area contributed by atoms with Crippen LogP contribution >= 0.6 is 0 Å². The second-order valence-electron chi connectivity index (χ2n) is 8.07. The van der Waals surface area contributed by atoms with E-state index in [4.69, 9.17) is 9.47 Å². The fourth-order valence-corrected chi connectivity index (χ4v) is 3.28. The van der Waals surface area contributed by atoms with Gasteiger partial charge in [-0.15, -0.1) is 0 Å². The topological polar surface area (TPSA) is 38.8 Å². The average molecular weight is 380 g/mol. The van der Waals surface area contributed by atoms with E-state index < -0.39 is 5.60 Å². The molecule has 0 spiro atoms. The Balaban J connectivity index is 1.95. The van der Waals surface area contributed by atoms with Crippen molar-refractivity contribution in [2.75, 3.05) is 25.1 Å². The minimum atomic E-state index is -0.497. The lowest BCUT2D eigenvalue weighted by Gasteiger charge is -2.21. The Morgan fingerprint density at radius 2 is 1.75 bits per heavy atom. The third-order valence-electron chi connectivity index (χ3n) is 4.64. The van der Waals surface area contributed by atoms with E-state index in [1.165, 1.54) is 0 Å². The van der Waals surface area contributed by atoms with Crippen molar-refractivity contribution >= 4 is 17.7 Å². The smallest absolute Gasteiger partial charge is 0.334 e. The number of carbonyl (C=O) groups excluding carboxylic acids is 1. The number of fused-ring (bicyclic) bond motifs is 1. The highest BCUT2D eigenvalue weighted by Gasteiger charge is 2.23. The number of hydrogen-bond acceptors (Lipinski definition) is 4. The predicted molar refractivity (Wildman–Crippen MR) is 115 cm³/mol. The Morgan fingerprint density at radius 1 is 1.07 bits per heavy atom. The molecule has 4 heteroatoms. The SMILES string of the molecule is CCOc1ccc(-c2ccc3c(c2)C=C(C(=O)OC(C)(C)C)CCN3C)cc1. The molecule has 0 aromatic heterocycles. The zero-order valence-corrected chi connectivity index (χ0v) is 17.4. The van der Waals surface area contributed by atoms with E-state index in [0.29, 0.717) is 18.6 Å². The second-order valence-corrected chi connectivity index (χ2v) is 8.07. The number of esters is 1. The van der Waals surface area contributed by atoms with Crippen LogP contribution in [0.3, 0.4) is 0 Å². The molecule has 3 rings (SSSR count). The molecule has 1 aliphatic rings. The summed E-state index contributed by atoms with van der Waals surface area (Å²) in [5.41, 5.74) is 4.59. The maximum absolute atomic E-state index is 12.6. The summed E-state index contributed by atoms with van der Waals surface area (Å²) in [6.07, 6.45) is 2.64. The van der Waals surface area contributed by atoms with Crippen molar-refractivity contribution in [1.82, 2.24) is 0 Å². The van der Waals surface area contributed by atoms with Crippen LogP contribution in [-0.4, -0.2) is 31.8 Å². The van der Waals surface area contributed by atoms with E-state index in [-0.39, 0.29) is 5.97 Å². The van der Waals surface area contributed by atoms with E-state index in [1.54, 1.807) is 0 Å². The van der Waals surface area contributed by atoms with Gasteiger partial charge in [-0.05, 0) is 81.1 Å². The van der Waals surface area contributed by atoms with Gasteiger partial charge in [0.25, 0.3) is 0 Å². The van der Waals surface area contributed by atoms with Crippen LogP contribution in [0.1, 0.15) is 39.7 Å². The molecular weight excluding hydrogens is 350 g/mol. The van der Waals surface area contributed by atoms with Crippen molar-refractivity contribution in [2.45, 2.75) is 39.7 Å². The minimum Gasteiger partial charge on any atom is -0.494 e. The first-order valence-electron chi connectivity index (χ1n) is 9.79. The third kappa shape index (κ3) is 4.75. The summed E-state index contributed by atoms with van der Waals surface area (Å²) < 4.78 is 11.1. The minimum absolute atomic E-state index is 0.236. The van der Waals surface area contributed by atoms with Gasteiger partial charge < -0.3 is 14.4 Å². The number of hydrogen-bond donors (Lipinski definition) is 0. The van der Waals surface area contributed by atoms with Gasteiger partial charge in [0.05, 0.1) is 6.61 Å².